The van der Waals surface area contributed by atoms with Gasteiger partial charge in [0.05, 0.1) is 16.6 Å². The van der Waals surface area contributed by atoms with E-state index in [-0.39, 0.29) is 5.69 Å². The number of H-pyrrole nitrogens is 1. The fourth-order valence-electron chi connectivity index (χ4n) is 2.94. The molecule has 4 aromatic rings. The van der Waals surface area contributed by atoms with Crippen LogP contribution in [0.2, 0.25) is 0 Å². The zero-order valence-corrected chi connectivity index (χ0v) is 13.3. The molecule has 0 bridgehead atoms. The van der Waals surface area contributed by atoms with E-state index in [0.29, 0.717) is 13.1 Å². The van der Waals surface area contributed by atoms with Crippen LogP contribution in [0.4, 0.5) is 5.82 Å². The number of imidazole rings is 1. The molecular weight excluding hydrogens is 302 g/mol. The monoisotopic (exact) mass is 319 g/mol. The van der Waals surface area contributed by atoms with Crippen molar-refractivity contribution in [2.24, 2.45) is 0 Å². The summed E-state index contributed by atoms with van der Waals surface area (Å²) < 4.78 is 1.70. The fourth-order valence-corrected chi connectivity index (χ4v) is 2.94. The van der Waals surface area contributed by atoms with E-state index in [2.05, 4.69) is 32.4 Å². The number of anilines is 1. The van der Waals surface area contributed by atoms with Crippen LogP contribution in [0.25, 0.3) is 21.9 Å². The zero-order chi connectivity index (χ0) is 16.5. The quantitative estimate of drug-likeness (QED) is 0.606. The predicted molar refractivity (Wildman–Crippen MR) is 95.1 cm³/mol. The molecule has 6 nitrogen and oxygen atoms in total. The standard InChI is InChI=1S/C18H17N5O/c1-2-23-16-9-14-13(8-15(16)22-18(23)24)17(21-11-20-14)19-10-12-6-4-3-5-7-12/h3-9,11H,2,10H2,1H3,(H,22,24)(H,19,20,21). The maximum absolute atomic E-state index is 12.0. The van der Waals surface area contributed by atoms with E-state index in [4.69, 9.17) is 0 Å². The van der Waals surface area contributed by atoms with Crippen LogP contribution in [-0.2, 0) is 13.1 Å². The molecule has 24 heavy (non-hydrogen) atoms. The first-order valence-corrected chi connectivity index (χ1v) is 7.91. The van der Waals surface area contributed by atoms with Gasteiger partial charge in [-0.1, -0.05) is 30.3 Å². The molecule has 0 fully saturated rings. The zero-order valence-electron chi connectivity index (χ0n) is 13.3. The first-order chi connectivity index (χ1) is 11.8. The van der Waals surface area contributed by atoms with Gasteiger partial charge in [0, 0.05) is 18.5 Å². The number of nitrogens with zero attached hydrogens (tertiary/aromatic N) is 3. The van der Waals surface area contributed by atoms with E-state index < -0.39 is 0 Å². The summed E-state index contributed by atoms with van der Waals surface area (Å²) in [6.45, 7) is 3.25. The molecule has 120 valence electrons. The Balaban J connectivity index is 1.79. The first kappa shape index (κ1) is 14.4. The molecular formula is C18H17N5O. The van der Waals surface area contributed by atoms with Crippen molar-refractivity contribution >= 4 is 27.8 Å². The number of rotatable bonds is 4. The van der Waals surface area contributed by atoms with Crippen LogP contribution in [0.15, 0.2) is 53.6 Å². The molecule has 2 aromatic heterocycles. The van der Waals surface area contributed by atoms with Crippen LogP contribution in [0, 0.1) is 0 Å². The molecule has 2 N–H and O–H groups in total. The highest BCUT2D eigenvalue weighted by molar-refractivity contribution is 5.98. The Labute approximate surface area is 138 Å². The molecule has 2 heterocycles. The van der Waals surface area contributed by atoms with Gasteiger partial charge in [0.15, 0.2) is 0 Å². The lowest BCUT2D eigenvalue weighted by Gasteiger charge is -2.09. The summed E-state index contributed by atoms with van der Waals surface area (Å²) in [5.74, 6) is 0.760. The van der Waals surface area contributed by atoms with Crippen molar-refractivity contribution in [2.45, 2.75) is 20.0 Å². The lowest BCUT2D eigenvalue weighted by Crippen LogP contribution is -2.14. The number of benzene rings is 2. The summed E-state index contributed by atoms with van der Waals surface area (Å²) in [7, 11) is 0. The largest absolute Gasteiger partial charge is 0.365 e. The summed E-state index contributed by atoms with van der Waals surface area (Å²) in [6.07, 6.45) is 1.54. The second kappa shape index (κ2) is 5.81. The Bertz CT molecular complexity index is 1070. The second-order valence-electron chi connectivity index (χ2n) is 5.62. The predicted octanol–water partition coefficient (Wildman–Crippen LogP) is 2.90. The Hall–Kier alpha value is -3.15. The Kier molecular flexibility index (Phi) is 3.49. The van der Waals surface area contributed by atoms with E-state index >= 15 is 0 Å². The van der Waals surface area contributed by atoms with Gasteiger partial charge in [-0.2, -0.15) is 0 Å². The van der Waals surface area contributed by atoms with Crippen molar-refractivity contribution in [3.63, 3.8) is 0 Å². The number of aromatic amines is 1. The van der Waals surface area contributed by atoms with Crippen LogP contribution >= 0.6 is 0 Å². The Morgan fingerprint density at radius 2 is 2.00 bits per heavy atom. The van der Waals surface area contributed by atoms with Gasteiger partial charge < -0.3 is 10.3 Å². The van der Waals surface area contributed by atoms with Crippen molar-refractivity contribution in [1.82, 2.24) is 19.5 Å². The molecule has 0 saturated carbocycles. The second-order valence-corrected chi connectivity index (χ2v) is 5.62. The third-order valence-corrected chi connectivity index (χ3v) is 4.15. The maximum Gasteiger partial charge on any atom is 0.326 e. The highest BCUT2D eigenvalue weighted by atomic mass is 16.1. The molecule has 0 saturated heterocycles. The van der Waals surface area contributed by atoms with Crippen molar-refractivity contribution in [2.75, 3.05) is 5.32 Å². The average molecular weight is 319 g/mol. The number of fused-ring (bicyclic) bond motifs is 2. The van der Waals surface area contributed by atoms with Crippen LogP contribution < -0.4 is 11.0 Å². The van der Waals surface area contributed by atoms with Crippen molar-refractivity contribution in [3.05, 3.63) is 64.8 Å². The van der Waals surface area contributed by atoms with Gasteiger partial charge in [-0.05, 0) is 24.6 Å². The minimum absolute atomic E-state index is 0.102. The first-order valence-electron chi connectivity index (χ1n) is 7.91. The third-order valence-electron chi connectivity index (χ3n) is 4.15. The number of hydrogen-bond acceptors (Lipinski definition) is 4. The van der Waals surface area contributed by atoms with E-state index in [1.54, 1.807) is 10.9 Å². The maximum atomic E-state index is 12.0. The van der Waals surface area contributed by atoms with Gasteiger partial charge in [0.1, 0.15) is 12.1 Å². The highest BCUT2D eigenvalue weighted by Gasteiger charge is 2.10. The Morgan fingerprint density at radius 1 is 1.17 bits per heavy atom. The number of aryl methyl sites for hydroxylation is 1. The Morgan fingerprint density at radius 3 is 2.79 bits per heavy atom. The van der Waals surface area contributed by atoms with Gasteiger partial charge in [0.25, 0.3) is 0 Å². The highest BCUT2D eigenvalue weighted by Crippen LogP contribution is 2.24. The summed E-state index contributed by atoms with van der Waals surface area (Å²) in [5.41, 5.74) is 3.55. The third kappa shape index (κ3) is 2.42. The number of aromatic nitrogens is 4. The molecule has 0 spiro atoms. The molecule has 4 rings (SSSR count). The molecule has 0 aliphatic rings. The molecule has 0 radical (unpaired) electrons. The smallest absolute Gasteiger partial charge is 0.326 e. The van der Waals surface area contributed by atoms with E-state index in [1.165, 1.54) is 5.56 Å². The van der Waals surface area contributed by atoms with Crippen LogP contribution in [0.1, 0.15) is 12.5 Å². The normalized spacial score (nSPS) is 11.2. The lowest BCUT2D eigenvalue weighted by atomic mass is 10.2. The van der Waals surface area contributed by atoms with Crippen LogP contribution in [0.5, 0.6) is 0 Å². The number of hydrogen-bond donors (Lipinski definition) is 2. The summed E-state index contributed by atoms with van der Waals surface area (Å²) in [6, 6.07) is 14.0. The van der Waals surface area contributed by atoms with E-state index in [0.717, 1.165) is 27.8 Å². The van der Waals surface area contributed by atoms with Crippen LogP contribution in [0.3, 0.4) is 0 Å². The molecule has 6 heteroatoms. The topological polar surface area (TPSA) is 75.6 Å². The van der Waals surface area contributed by atoms with Crippen LogP contribution in [-0.4, -0.2) is 19.5 Å². The fraction of sp³-hybridized carbons (Fsp3) is 0.167. The van der Waals surface area contributed by atoms with Gasteiger partial charge in [-0.3, -0.25) is 4.57 Å². The van der Waals surface area contributed by atoms with Crippen molar-refractivity contribution in [1.29, 1.82) is 0 Å². The molecule has 0 unspecified atom stereocenters. The van der Waals surface area contributed by atoms with Gasteiger partial charge in [-0.25, -0.2) is 14.8 Å². The van der Waals surface area contributed by atoms with Gasteiger partial charge >= 0.3 is 5.69 Å². The van der Waals surface area contributed by atoms with Crippen molar-refractivity contribution in [3.8, 4) is 0 Å². The van der Waals surface area contributed by atoms with Crippen molar-refractivity contribution < 1.29 is 0 Å². The summed E-state index contributed by atoms with van der Waals surface area (Å²) in [5, 5.41) is 4.25. The molecule has 0 aliphatic carbocycles. The molecule has 0 amide bonds. The molecule has 0 atom stereocenters. The summed E-state index contributed by atoms with van der Waals surface area (Å²) in [4.78, 5) is 23.6. The summed E-state index contributed by atoms with van der Waals surface area (Å²) >= 11 is 0. The number of nitrogens with one attached hydrogen (secondary N) is 2. The van der Waals surface area contributed by atoms with Gasteiger partial charge in [0.2, 0.25) is 0 Å². The van der Waals surface area contributed by atoms with Gasteiger partial charge in [-0.15, -0.1) is 0 Å². The SMILES string of the molecule is CCn1c(=O)[nH]c2cc3c(NCc4ccccc4)ncnc3cc21. The van der Waals surface area contributed by atoms with E-state index in [1.807, 2.05) is 37.3 Å². The molecule has 2 aromatic carbocycles. The minimum atomic E-state index is -0.102. The molecule has 0 aliphatic heterocycles. The minimum Gasteiger partial charge on any atom is -0.365 e. The van der Waals surface area contributed by atoms with E-state index in [9.17, 15) is 4.79 Å². The average Bonchev–Trinajstić information content (AvgIpc) is 2.93. The lowest BCUT2D eigenvalue weighted by molar-refractivity contribution is 0.753.